The van der Waals surface area contributed by atoms with Crippen molar-refractivity contribution in [3.05, 3.63) is 0 Å². The first-order chi connectivity index (χ1) is 8.33. The monoisotopic (exact) mass is 240 g/mol. The van der Waals surface area contributed by atoms with Crippen molar-refractivity contribution in [2.45, 2.75) is 58.8 Å². The van der Waals surface area contributed by atoms with Gasteiger partial charge in [-0.05, 0) is 51.4 Å². The number of hydrogen-bond donors (Lipinski definition) is 1. The number of likely N-dealkylation sites (tertiary alicyclic amines) is 1. The summed E-state index contributed by atoms with van der Waals surface area (Å²) in [6.07, 6.45) is 9.76. The predicted molar refractivity (Wildman–Crippen MR) is 76.5 cm³/mol. The van der Waals surface area contributed by atoms with Crippen molar-refractivity contribution in [3.63, 3.8) is 0 Å². The molecule has 0 saturated carbocycles. The van der Waals surface area contributed by atoms with Crippen LogP contribution in [0.4, 0.5) is 0 Å². The van der Waals surface area contributed by atoms with Crippen LogP contribution in [-0.4, -0.2) is 37.6 Å². The Bertz CT molecular complexity index is 164. The molecule has 1 N–H and O–H groups in total. The van der Waals surface area contributed by atoms with Crippen LogP contribution in [0.25, 0.3) is 0 Å². The van der Waals surface area contributed by atoms with E-state index in [4.69, 9.17) is 0 Å². The fourth-order valence-electron chi connectivity index (χ4n) is 2.67. The van der Waals surface area contributed by atoms with Crippen LogP contribution < -0.4 is 5.32 Å². The lowest BCUT2D eigenvalue weighted by atomic mass is 10.1. The van der Waals surface area contributed by atoms with Crippen LogP contribution in [0.15, 0.2) is 0 Å². The van der Waals surface area contributed by atoms with Gasteiger partial charge in [-0.3, -0.25) is 0 Å². The lowest BCUT2D eigenvalue weighted by molar-refractivity contribution is 0.282. The quantitative estimate of drug-likeness (QED) is 0.590. The van der Waals surface area contributed by atoms with Crippen molar-refractivity contribution in [1.82, 2.24) is 10.2 Å². The van der Waals surface area contributed by atoms with Crippen molar-refractivity contribution in [1.29, 1.82) is 0 Å². The maximum Gasteiger partial charge on any atom is 0.00191 e. The van der Waals surface area contributed by atoms with Crippen LogP contribution in [-0.2, 0) is 0 Å². The summed E-state index contributed by atoms with van der Waals surface area (Å²) in [6, 6.07) is 0. The first-order valence-corrected chi connectivity index (χ1v) is 7.76. The maximum atomic E-state index is 3.61. The number of unbranched alkanes of at least 4 members (excludes halogenated alkanes) is 4. The zero-order valence-electron chi connectivity index (χ0n) is 12.0. The van der Waals surface area contributed by atoms with Gasteiger partial charge in [0.15, 0.2) is 0 Å². The predicted octanol–water partition coefficient (Wildman–Crippen LogP) is 3.28. The van der Waals surface area contributed by atoms with E-state index in [-0.39, 0.29) is 0 Å². The fourth-order valence-corrected chi connectivity index (χ4v) is 2.67. The lowest BCUT2D eigenvalue weighted by Gasteiger charge is -2.20. The number of nitrogens with one attached hydrogen (secondary N) is 1. The minimum absolute atomic E-state index is 0.809. The van der Waals surface area contributed by atoms with E-state index in [1.165, 1.54) is 77.7 Å². The van der Waals surface area contributed by atoms with Crippen LogP contribution in [0.1, 0.15) is 58.8 Å². The molecule has 0 aromatic heterocycles. The van der Waals surface area contributed by atoms with Crippen molar-refractivity contribution >= 4 is 0 Å². The molecule has 1 unspecified atom stereocenters. The van der Waals surface area contributed by atoms with Gasteiger partial charge >= 0.3 is 0 Å². The second-order valence-corrected chi connectivity index (χ2v) is 5.73. The molecule has 0 aromatic carbocycles. The summed E-state index contributed by atoms with van der Waals surface area (Å²) in [5.74, 6) is 0.809. The molecule has 1 heterocycles. The van der Waals surface area contributed by atoms with Gasteiger partial charge in [0.05, 0.1) is 0 Å². The molecule has 1 aliphatic heterocycles. The lowest BCUT2D eigenvalue weighted by Crippen LogP contribution is -2.32. The zero-order chi connectivity index (χ0) is 12.3. The Morgan fingerprint density at radius 1 is 1.06 bits per heavy atom. The highest BCUT2D eigenvalue weighted by Crippen LogP contribution is 2.09. The van der Waals surface area contributed by atoms with Gasteiger partial charge in [0, 0.05) is 6.54 Å². The normalized spacial score (nSPS) is 18.7. The van der Waals surface area contributed by atoms with Crippen molar-refractivity contribution in [2.24, 2.45) is 5.92 Å². The number of rotatable bonds is 10. The van der Waals surface area contributed by atoms with E-state index >= 15 is 0 Å². The topological polar surface area (TPSA) is 15.3 Å². The Morgan fingerprint density at radius 2 is 1.76 bits per heavy atom. The average Bonchev–Trinajstić information content (AvgIpc) is 2.80. The number of nitrogens with zero attached hydrogens (tertiary/aromatic N) is 1. The molecule has 102 valence electrons. The summed E-state index contributed by atoms with van der Waals surface area (Å²) < 4.78 is 0. The SMILES string of the molecule is CCCCCCCNCC(C)CN1CCCC1. The summed E-state index contributed by atoms with van der Waals surface area (Å²) in [7, 11) is 0. The highest BCUT2D eigenvalue weighted by atomic mass is 15.1. The van der Waals surface area contributed by atoms with Gasteiger partial charge in [-0.15, -0.1) is 0 Å². The van der Waals surface area contributed by atoms with Crippen LogP contribution in [0.5, 0.6) is 0 Å². The molecule has 0 amide bonds. The van der Waals surface area contributed by atoms with Crippen LogP contribution >= 0.6 is 0 Å². The van der Waals surface area contributed by atoms with E-state index in [9.17, 15) is 0 Å². The third kappa shape index (κ3) is 7.77. The molecule has 1 atom stereocenters. The first-order valence-electron chi connectivity index (χ1n) is 7.76. The van der Waals surface area contributed by atoms with Crippen molar-refractivity contribution in [2.75, 3.05) is 32.7 Å². The minimum atomic E-state index is 0.809. The summed E-state index contributed by atoms with van der Waals surface area (Å²) in [4.78, 5) is 2.62. The van der Waals surface area contributed by atoms with Gasteiger partial charge in [0.25, 0.3) is 0 Å². The van der Waals surface area contributed by atoms with E-state index in [0.717, 1.165) is 5.92 Å². The van der Waals surface area contributed by atoms with E-state index in [1.54, 1.807) is 0 Å². The summed E-state index contributed by atoms with van der Waals surface area (Å²) in [6.45, 7) is 11.0. The third-order valence-electron chi connectivity index (χ3n) is 3.72. The summed E-state index contributed by atoms with van der Waals surface area (Å²) >= 11 is 0. The van der Waals surface area contributed by atoms with Crippen LogP contribution in [0.3, 0.4) is 0 Å². The van der Waals surface area contributed by atoms with Gasteiger partial charge in [-0.2, -0.15) is 0 Å². The molecule has 0 bridgehead atoms. The van der Waals surface area contributed by atoms with Gasteiger partial charge in [0.1, 0.15) is 0 Å². The first kappa shape index (κ1) is 15.0. The molecular formula is C15H32N2. The Kier molecular flexibility index (Phi) is 8.72. The third-order valence-corrected chi connectivity index (χ3v) is 3.72. The average molecular weight is 240 g/mol. The molecule has 2 nitrogen and oxygen atoms in total. The summed E-state index contributed by atoms with van der Waals surface area (Å²) in [5.41, 5.74) is 0. The molecule has 0 radical (unpaired) electrons. The highest BCUT2D eigenvalue weighted by Gasteiger charge is 2.13. The molecule has 1 fully saturated rings. The largest absolute Gasteiger partial charge is 0.316 e. The van der Waals surface area contributed by atoms with Gasteiger partial charge in [-0.25, -0.2) is 0 Å². The Hall–Kier alpha value is -0.0800. The Balaban J connectivity index is 1.84. The second kappa shape index (κ2) is 9.90. The van der Waals surface area contributed by atoms with Crippen molar-refractivity contribution in [3.8, 4) is 0 Å². The smallest absolute Gasteiger partial charge is 0.00191 e. The molecule has 17 heavy (non-hydrogen) atoms. The standard InChI is InChI=1S/C15H32N2/c1-3-4-5-6-7-10-16-13-15(2)14-17-11-8-9-12-17/h15-16H,3-14H2,1-2H3. The molecule has 1 saturated heterocycles. The molecule has 1 rings (SSSR count). The molecule has 0 aliphatic carbocycles. The van der Waals surface area contributed by atoms with E-state index in [0.29, 0.717) is 0 Å². The zero-order valence-corrected chi connectivity index (χ0v) is 12.0. The van der Waals surface area contributed by atoms with Crippen molar-refractivity contribution < 1.29 is 0 Å². The van der Waals surface area contributed by atoms with E-state index < -0.39 is 0 Å². The molecular weight excluding hydrogens is 208 g/mol. The van der Waals surface area contributed by atoms with Crippen LogP contribution in [0, 0.1) is 5.92 Å². The number of hydrogen-bond acceptors (Lipinski definition) is 2. The molecule has 2 heteroatoms. The molecule has 0 aromatic rings. The molecule has 0 spiro atoms. The van der Waals surface area contributed by atoms with Gasteiger partial charge in [0.2, 0.25) is 0 Å². The van der Waals surface area contributed by atoms with Gasteiger partial charge < -0.3 is 10.2 Å². The Morgan fingerprint density at radius 3 is 2.47 bits per heavy atom. The van der Waals surface area contributed by atoms with Crippen LogP contribution in [0.2, 0.25) is 0 Å². The van der Waals surface area contributed by atoms with E-state index in [2.05, 4.69) is 24.1 Å². The van der Waals surface area contributed by atoms with Gasteiger partial charge in [-0.1, -0.05) is 39.5 Å². The Labute approximate surface area is 108 Å². The maximum absolute atomic E-state index is 3.61. The fraction of sp³-hybridized carbons (Fsp3) is 1.00. The minimum Gasteiger partial charge on any atom is -0.316 e. The summed E-state index contributed by atoms with van der Waals surface area (Å²) in [5, 5.41) is 3.61. The highest BCUT2D eigenvalue weighted by molar-refractivity contribution is 4.69. The second-order valence-electron chi connectivity index (χ2n) is 5.73. The van der Waals surface area contributed by atoms with E-state index in [1.807, 2.05) is 0 Å². The molecule has 1 aliphatic rings.